The Kier molecular flexibility index (Phi) is 2.00. The summed E-state index contributed by atoms with van der Waals surface area (Å²) in [6.07, 6.45) is 0. The van der Waals surface area contributed by atoms with Crippen molar-refractivity contribution in [3.8, 4) is 0 Å². The average Bonchev–Trinajstić information content (AvgIpc) is 2.13. The van der Waals surface area contributed by atoms with E-state index in [4.69, 9.17) is 5.73 Å². The predicted molar refractivity (Wildman–Crippen MR) is 60.8 cm³/mol. The first kappa shape index (κ1) is 10.0. The van der Waals surface area contributed by atoms with Gasteiger partial charge >= 0.3 is 0 Å². The van der Waals surface area contributed by atoms with Crippen LogP contribution in [-0.4, -0.2) is 24.4 Å². The van der Waals surface area contributed by atoms with Crippen molar-refractivity contribution in [1.29, 1.82) is 0 Å². The fraction of sp³-hybridized carbons (Fsp3) is 0.417. The lowest BCUT2D eigenvalue weighted by Gasteiger charge is -2.37. The number of nitrogen functional groups attached to an aromatic ring is 1. The first-order chi connectivity index (χ1) is 6.92. The zero-order valence-electron chi connectivity index (χ0n) is 9.37. The molecule has 1 aromatic carbocycles. The quantitative estimate of drug-likeness (QED) is 0.653. The van der Waals surface area contributed by atoms with Gasteiger partial charge in [-0.15, -0.1) is 0 Å². The van der Waals surface area contributed by atoms with Crippen molar-refractivity contribution in [1.82, 2.24) is 4.90 Å². The van der Waals surface area contributed by atoms with Crippen LogP contribution in [0.3, 0.4) is 0 Å². The van der Waals surface area contributed by atoms with Crippen LogP contribution in [0.2, 0.25) is 0 Å². The second kappa shape index (κ2) is 2.99. The number of anilines is 1. The Hall–Kier alpha value is -1.51. The van der Waals surface area contributed by atoms with Crippen molar-refractivity contribution in [2.24, 2.45) is 0 Å². The van der Waals surface area contributed by atoms with Crippen molar-refractivity contribution >= 4 is 11.6 Å². The Morgan fingerprint density at radius 3 is 2.73 bits per heavy atom. The first-order valence-electron chi connectivity index (χ1n) is 5.07. The molecule has 0 radical (unpaired) electrons. The Bertz CT molecular complexity index is 424. The molecule has 1 aliphatic rings. The summed E-state index contributed by atoms with van der Waals surface area (Å²) in [6.45, 7) is 5.04. The van der Waals surface area contributed by atoms with Gasteiger partial charge in [-0.3, -0.25) is 4.79 Å². The number of likely N-dealkylation sites (N-methyl/N-ethyl adjacent to an activating group) is 1. The summed E-state index contributed by atoms with van der Waals surface area (Å²) in [7, 11) is 1.83. The number of nitrogens with two attached hydrogens (primary N) is 1. The molecule has 1 aromatic rings. The summed E-state index contributed by atoms with van der Waals surface area (Å²) in [5, 5.41) is 0. The van der Waals surface area contributed by atoms with Crippen LogP contribution >= 0.6 is 0 Å². The summed E-state index contributed by atoms with van der Waals surface area (Å²) in [6, 6.07) is 5.60. The highest BCUT2D eigenvalue weighted by Gasteiger charge is 2.34. The number of nitrogens with zero attached hydrogens (tertiary/aromatic N) is 1. The van der Waals surface area contributed by atoms with Gasteiger partial charge in [0, 0.05) is 30.3 Å². The summed E-state index contributed by atoms with van der Waals surface area (Å²) >= 11 is 0. The maximum atomic E-state index is 11.9. The van der Waals surface area contributed by atoms with Gasteiger partial charge in [0.05, 0.1) is 0 Å². The number of hydrogen-bond acceptors (Lipinski definition) is 2. The van der Waals surface area contributed by atoms with E-state index in [9.17, 15) is 4.79 Å². The van der Waals surface area contributed by atoms with Crippen molar-refractivity contribution in [3.63, 3.8) is 0 Å². The van der Waals surface area contributed by atoms with Crippen LogP contribution in [0.5, 0.6) is 0 Å². The van der Waals surface area contributed by atoms with E-state index in [0.29, 0.717) is 5.69 Å². The highest BCUT2D eigenvalue weighted by molar-refractivity contribution is 5.98. The molecule has 0 unspecified atom stereocenters. The van der Waals surface area contributed by atoms with Crippen LogP contribution in [-0.2, 0) is 5.41 Å². The highest BCUT2D eigenvalue weighted by Crippen LogP contribution is 2.33. The fourth-order valence-corrected chi connectivity index (χ4v) is 2.28. The monoisotopic (exact) mass is 204 g/mol. The standard InChI is InChI=1S/C12H16N2O/c1-12(2)7-14(3)11(15)9-6-8(13)4-5-10(9)12/h4-6H,7,13H2,1-3H3. The molecule has 0 saturated heterocycles. The van der Waals surface area contributed by atoms with Crippen molar-refractivity contribution in [2.75, 3.05) is 19.3 Å². The van der Waals surface area contributed by atoms with E-state index < -0.39 is 0 Å². The molecular weight excluding hydrogens is 188 g/mol. The minimum atomic E-state index is 0.00565. The van der Waals surface area contributed by atoms with E-state index in [1.54, 1.807) is 11.0 Å². The maximum absolute atomic E-state index is 11.9. The van der Waals surface area contributed by atoms with Gasteiger partial charge in [-0.2, -0.15) is 0 Å². The molecule has 0 aromatic heterocycles. The molecule has 0 fully saturated rings. The van der Waals surface area contributed by atoms with Gasteiger partial charge in [-0.1, -0.05) is 19.9 Å². The second-order valence-corrected chi connectivity index (χ2v) is 4.85. The molecule has 1 heterocycles. The fourth-order valence-electron chi connectivity index (χ4n) is 2.28. The largest absolute Gasteiger partial charge is 0.399 e. The smallest absolute Gasteiger partial charge is 0.254 e. The zero-order valence-corrected chi connectivity index (χ0v) is 9.37. The third-order valence-corrected chi connectivity index (χ3v) is 2.98. The van der Waals surface area contributed by atoms with Gasteiger partial charge < -0.3 is 10.6 Å². The van der Waals surface area contributed by atoms with Crippen molar-refractivity contribution < 1.29 is 4.79 Å². The molecule has 0 bridgehead atoms. The minimum absolute atomic E-state index is 0.00565. The minimum Gasteiger partial charge on any atom is -0.399 e. The SMILES string of the molecule is CN1CC(C)(C)c2ccc(N)cc2C1=O. The molecular formula is C12H16N2O. The van der Waals surface area contributed by atoms with E-state index in [1.165, 1.54) is 0 Å². The summed E-state index contributed by atoms with van der Waals surface area (Å²) in [5.41, 5.74) is 8.20. The summed E-state index contributed by atoms with van der Waals surface area (Å²) in [4.78, 5) is 13.7. The Morgan fingerprint density at radius 2 is 2.07 bits per heavy atom. The molecule has 0 saturated carbocycles. The Labute approximate surface area is 89.9 Å². The molecule has 80 valence electrons. The highest BCUT2D eigenvalue weighted by atomic mass is 16.2. The topological polar surface area (TPSA) is 46.3 Å². The first-order valence-corrected chi connectivity index (χ1v) is 5.07. The number of benzene rings is 1. The molecule has 0 spiro atoms. The lowest BCUT2D eigenvalue weighted by molar-refractivity contribution is 0.0737. The molecule has 1 amide bonds. The Balaban J connectivity index is 2.64. The predicted octanol–water partition coefficient (Wildman–Crippen LogP) is 1.63. The third kappa shape index (κ3) is 1.48. The van der Waals surface area contributed by atoms with Crippen LogP contribution in [0.4, 0.5) is 5.69 Å². The molecule has 15 heavy (non-hydrogen) atoms. The van der Waals surface area contributed by atoms with Crippen LogP contribution in [0.25, 0.3) is 0 Å². The molecule has 3 nitrogen and oxygen atoms in total. The molecule has 0 atom stereocenters. The molecule has 2 rings (SSSR count). The third-order valence-electron chi connectivity index (χ3n) is 2.98. The summed E-state index contributed by atoms with van der Waals surface area (Å²) < 4.78 is 0. The lowest BCUT2D eigenvalue weighted by Crippen LogP contribution is -2.44. The number of fused-ring (bicyclic) bond motifs is 1. The van der Waals surface area contributed by atoms with Gasteiger partial charge in [0.2, 0.25) is 0 Å². The van der Waals surface area contributed by atoms with Crippen LogP contribution in [0, 0.1) is 0 Å². The van der Waals surface area contributed by atoms with Crippen LogP contribution in [0.1, 0.15) is 29.8 Å². The molecule has 0 aliphatic carbocycles. The normalized spacial score (nSPS) is 18.9. The number of carbonyl (C=O) groups excluding carboxylic acids is 1. The lowest BCUT2D eigenvalue weighted by atomic mass is 9.78. The van der Waals surface area contributed by atoms with Crippen molar-refractivity contribution in [2.45, 2.75) is 19.3 Å². The van der Waals surface area contributed by atoms with Crippen LogP contribution in [0.15, 0.2) is 18.2 Å². The molecule has 2 N–H and O–H groups in total. The zero-order chi connectivity index (χ0) is 11.2. The van der Waals surface area contributed by atoms with Gasteiger partial charge in [-0.05, 0) is 17.7 Å². The maximum Gasteiger partial charge on any atom is 0.254 e. The second-order valence-electron chi connectivity index (χ2n) is 4.85. The van der Waals surface area contributed by atoms with Gasteiger partial charge in [0.15, 0.2) is 0 Å². The number of carbonyl (C=O) groups is 1. The van der Waals surface area contributed by atoms with Gasteiger partial charge in [-0.25, -0.2) is 0 Å². The van der Waals surface area contributed by atoms with Crippen LogP contribution < -0.4 is 5.73 Å². The van der Waals surface area contributed by atoms with E-state index in [2.05, 4.69) is 13.8 Å². The number of rotatable bonds is 0. The average molecular weight is 204 g/mol. The van der Waals surface area contributed by atoms with Crippen molar-refractivity contribution in [3.05, 3.63) is 29.3 Å². The van der Waals surface area contributed by atoms with E-state index >= 15 is 0 Å². The van der Waals surface area contributed by atoms with E-state index in [0.717, 1.165) is 17.7 Å². The molecule has 3 heteroatoms. The Morgan fingerprint density at radius 1 is 1.40 bits per heavy atom. The van der Waals surface area contributed by atoms with Gasteiger partial charge in [0.1, 0.15) is 0 Å². The number of amides is 1. The number of hydrogen-bond donors (Lipinski definition) is 1. The van der Waals surface area contributed by atoms with E-state index in [-0.39, 0.29) is 11.3 Å². The summed E-state index contributed by atoms with van der Waals surface area (Å²) in [5.74, 6) is 0.0663. The van der Waals surface area contributed by atoms with E-state index in [1.807, 2.05) is 19.2 Å². The van der Waals surface area contributed by atoms with Gasteiger partial charge in [0.25, 0.3) is 5.91 Å². The molecule has 1 aliphatic heterocycles.